The fraction of sp³-hybridized carbons (Fsp3) is 0.600. The molecule has 2 N–H and O–H groups in total. The van der Waals surface area contributed by atoms with Gasteiger partial charge in [-0.1, -0.05) is 36.8 Å². The van der Waals surface area contributed by atoms with Crippen LogP contribution in [-0.2, 0) is 0 Å². The molecule has 0 aliphatic heterocycles. The topological polar surface area (TPSA) is 29.3 Å². The Bertz CT molecular complexity index is 416. The molecule has 2 nitrogen and oxygen atoms in total. The normalized spacial score (nSPS) is 15.4. The van der Waals surface area contributed by atoms with Gasteiger partial charge in [0.1, 0.15) is 0 Å². The standard InChI is InChI=1S/C15H23F3N2/c1-4-8-20(10-15(16,17)18)14(12(3)19)13-7-5-6-11(2)9-13/h5-7,9,12,14H,4,8,10,19H2,1-3H3. The SMILES string of the molecule is CCCN(CC(F)(F)F)C(c1cccc(C)c1)C(C)N. The van der Waals surface area contributed by atoms with Crippen molar-refractivity contribution in [1.82, 2.24) is 4.90 Å². The van der Waals surface area contributed by atoms with Gasteiger partial charge in [0.15, 0.2) is 0 Å². The maximum absolute atomic E-state index is 12.8. The van der Waals surface area contributed by atoms with Crippen LogP contribution in [0.2, 0.25) is 0 Å². The second-order valence-corrected chi connectivity index (χ2v) is 5.30. The Morgan fingerprint density at radius 1 is 1.30 bits per heavy atom. The maximum atomic E-state index is 12.8. The van der Waals surface area contributed by atoms with Crippen molar-refractivity contribution in [1.29, 1.82) is 0 Å². The van der Waals surface area contributed by atoms with Crippen LogP contribution in [0.4, 0.5) is 13.2 Å². The Balaban J connectivity index is 3.08. The lowest BCUT2D eigenvalue weighted by molar-refractivity contribution is -0.152. The number of rotatable bonds is 6. The van der Waals surface area contributed by atoms with Crippen LogP contribution in [-0.4, -0.2) is 30.2 Å². The van der Waals surface area contributed by atoms with Gasteiger partial charge in [-0.2, -0.15) is 13.2 Å². The van der Waals surface area contributed by atoms with Crippen molar-refractivity contribution in [2.45, 2.75) is 45.5 Å². The van der Waals surface area contributed by atoms with Crippen molar-refractivity contribution in [2.24, 2.45) is 5.73 Å². The number of nitrogens with two attached hydrogens (primary N) is 1. The molecular formula is C15H23F3N2. The van der Waals surface area contributed by atoms with E-state index < -0.39 is 18.8 Å². The van der Waals surface area contributed by atoms with Crippen LogP contribution in [0.5, 0.6) is 0 Å². The number of alkyl halides is 3. The average molecular weight is 288 g/mol. The van der Waals surface area contributed by atoms with Crippen LogP contribution < -0.4 is 5.73 Å². The number of nitrogens with zero attached hydrogens (tertiary/aromatic N) is 1. The Morgan fingerprint density at radius 3 is 2.40 bits per heavy atom. The van der Waals surface area contributed by atoms with Gasteiger partial charge in [-0.15, -0.1) is 0 Å². The van der Waals surface area contributed by atoms with Gasteiger partial charge in [-0.25, -0.2) is 0 Å². The fourth-order valence-electron chi connectivity index (χ4n) is 2.53. The molecule has 2 unspecified atom stereocenters. The third-order valence-electron chi connectivity index (χ3n) is 3.17. The lowest BCUT2D eigenvalue weighted by atomic mass is 9.97. The predicted molar refractivity (Wildman–Crippen MR) is 75.5 cm³/mol. The molecule has 20 heavy (non-hydrogen) atoms. The Hall–Kier alpha value is -1.07. The molecule has 0 amide bonds. The van der Waals surface area contributed by atoms with Crippen molar-refractivity contribution < 1.29 is 13.2 Å². The first-order valence-electron chi connectivity index (χ1n) is 6.87. The minimum absolute atomic E-state index is 0.370. The van der Waals surface area contributed by atoms with Gasteiger partial charge in [0.2, 0.25) is 0 Å². The highest BCUT2D eigenvalue weighted by molar-refractivity contribution is 5.26. The van der Waals surface area contributed by atoms with E-state index in [1.54, 1.807) is 6.92 Å². The van der Waals surface area contributed by atoms with Crippen molar-refractivity contribution in [3.63, 3.8) is 0 Å². The second-order valence-electron chi connectivity index (χ2n) is 5.30. The first-order chi connectivity index (χ1) is 9.24. The van der Waals surface area contributed by atoms with Gasteiger partial charge < -0.3 is 5.73 Å². The van der Waals surface area contributed by atoms with Crippen LogP contribution in [0.1, 0.15) is 37.4 Å². The van der Waals surface area contributed by atoms with E-state index in [0.29, 0.717) is 13.0 Å². The summed E-state index contributed by atoms with van der Waals surface area (Å²) in [5, 5.41) is 0. The molecule has 0 spiro atoms. The van der Waals surface area contributed by atoms with E-state index in [0.717, 1.165) is 11.1 Å². The van der Waals surface area contributed by atoms with E-state index in [4.69, 9.17) is 5.73 Å². The van der Waals surface area contributed by atoms with Gasteiger partial charge in [0.05, 0.1) is 6.54 Å². The number of hydrogen-bond acceptors (Lipinski definition) is 2. The van der Waals surface area contributed by atoms with Gasteiger partial charge in [0.25, 0.3) is 0 Å². The van der Waals surface area contributed by atoms with Gasteiger partial charge in [-0.05, 0) is 32.4 Å². The lowest BCUT2D eigenvalue weighted by Gasteiger charge is -2.35. The van der Waals surface area contributed by atoms with Gasteiger partial charge >= 0.3 is 6.18 Å². The molecule has 1 aromatic rings. The fourth-order valence-corrected chi connectivity index (χ4v) is 2.53. The Morgan fingerprint density at radius 2 is 1.95 bits per heavy atom. The molecule has 1 aromatic carbocycles. The van der Waals surface area contributed by atoms with Crippen molar-refractivity contribution >= 4 is 0 Å². The molecule has 2 atom stereocenters. The molecule has 0 aliphatic rings. The van der Waals surface area contributed by atoms with Gasteiger partial charge in [-0.3, -0.25) is 4.90 Å². The van der Waals surface area contributed by atoms with Crippen molar-refractivity contribution in [2.75, 3.05) is 13.1 Å². The highest BCUT2D eigenvalue weighted by Gasteiger charge is 2.35. The summed E-state index contributed by atoms with van der Waals surface area (Å²) < 4.78 is 38.3. The summed E-state index contributed by atoms with van der Waals surface area (Å²) >= 11 is 0. The van der Waals surface area contributed by atoms with E-state index in [1.807, 2.05) is 38.1 Å². The summed E-state index contributed by atoms with van der Waals surface area (Å²) in [6.07, 6.45) is -3.56. The Labute approximate surface area is 118 Å². The first kappa shape index (κ1) is 17.0. The third kappa shape index (κ3) is 5.13. The molecule has 0 heterocycles. The lowest BCUT2D eigenvalue weighted by Crippen LogP contribution is -2.44. The van der Waals surface area contributed by atoms with Crippen LogP contribution in [0.15, 0.2) is 24.3 Å². The quantitative estimate of drug-likeness (QED) is 0.865. The molecule has 0 saturated heterocycles. The third-order valence-corrected chi connectivity index (χ3v) is 3.17. The summed E-state index contributed by atoms with van der Waals surface area (Å²) in [6.45, 7) is 5.00. The number of aryl methyl sites for hydroxylation is 1. The number of hydrogen-bond donors (Lipinski definition) is 1. The zero-order chi connectivity index (χ0) is 15.3. The van der Waals surface area contributed by atoms with E-state index >= 15 is 0 Å². The van der Waals surface area contributed by atoms with Crippen LogP contribution in [0.3, 0.4) is 0 Å². The smallest absolute Gasteiger partial charge is 0.326 e. The minimum atomic E-state index is -4.22. The molecule has 5 heteroatoms. The largest absolute Gasteiger partial charge is 0.401 e. The molecule has 1 rings (SSSR count). The Kier molecular flexibility index (Phi) is 6.02. The summed E-state index contributed by atoms with van der Waals surface area (Å²) in [6, 6.07) is 6.75. The van der Waals surface area contributed by atoms with Gasteiger partial charge in [0, 0.05) is 12.1 Å². The van der Waals surface area contributed by atoms with Crippen LogP contribution in [0, 0.1) is 6.92 Å². The first-order valence-corrected chi connectivity index (χ1v) is 6.87. The molecule has 114 valence electrons. The molecule has 0 saturated carbocycles. The molecule has 0 aliphatic carbocycles. The van der Waals surface area contributed by atoms with E-state index in [1.165, 1.54) is 4.90 Å². The van der Waals surface area contributed by atoms with E-state index in [9.17, 15) is 13.2 Å². The zero-order valence-corrected chi connectivity index (χ0v) is 12.2. The summed E-state index contributed by atoms with van der Waals surface area (Å²) in [4.78, 5) is 1.43. The maximum Gasteiger partial charge on any atom is 0.401 e. The monoisotopic (exact) mass is 288 g/mol. The van der Waals surface area contributed by atoms with E-state index in [2.05, 4.69) is 0 Å². The molecule has 0 radical (unpaired) electrons. The molecular weight excluding hydrogens is 265 g/mol. The predicted octanol–water partition coefficient (Wildman–Crippen LogP) is 3.66. The highest BCUT2D eigenvalue weighted by atomic mass is 19.4. The highest BCUT2D eigenvalue weighted by Crippen LogP contribution is 2.28. The molecule has 0 bridgehead atoms. The summed E-state index contributed by atoms with van der Waals surface area (Å²) in [5.74, 6) is 0. The van der Waals surface area contributed by atoms with Crippen LogP contribution in [0.25, 0.3) is 0 Å². The summed E-state index contributed by atoms with van der Waals surface area (Å²) in [5.41, 5.74) is 7.83. The average Bonchev–Trinajstić information content (AvgIpc) is 2.26. The molecule has 0 fully saturated rings. The minimum Gasteiger partial charge on any atom is -0.326 e. The van der Waals surface area contributed by atoms with Crippen molar-refractivity contribution in [3.05, 3.63) is 35.4 Å². The summed E-state index contributed by atoms with van der Waals surface area (Å²) in [7, 11) is 0. The number of halogens is 3. The number of benzene rings is 1. The molecule has 0 aromatic heterocycles. The van der Waals surface area contributed by atoms with Crippen LogP contribution >= 0.6 is 0 Å². The van der Waals surface area contributed by atoms with E-state index in [-0.39, 0.29) is 6.04 Å². The zero-order valence-electron chi connectivity index (χ0n) is 12.2. The van der Waals surface area contributed by atoms with Crippen molar-refractivity contribution in [3.8, 4) is 0 Å². The second kappa shape index (κ2) is 7.09.